The van der Waals surface area contributed by atoms with Gasteiger partial charge in [-0.3, -0.25) is 9.52 Å². The summed E-state index contributed by atoms with van der Waals surface area (Å²) in [7, 11) is -4.11. The molecule has 0 saturated carbocycles. The molecule has 4 rings (SSSR count). The van der Waals surface area contributed by atoms with Crippen LogP contribution in [0.2, 0.25) is 0 Å². The number of carbonyl (C=O) groups is 1. The maximum atomic E-state index is 13.9. The molecule has 1 atom stereocenters. The molecule has 0 radical (unpaired) electrons. The molecule has 6 nitrogen and oxygen atoms in total. The Labute approximate surface area is 205 Å². The fraction of sp³-hybridized carbons (Fsp3) is 0.240. The molecule has 11 heteroatoms. The summed E-state index contributed by atoms with van der Waals surface area (Å²) in [6.07, 6.45) is -5.43. The van der Waals surface area contributed by atoms with Gasteiger partial charge in [0, 0.05) is 24.3 Å². The Morgan fingerprint density at radius 2 is 1.83 bits per heavy atom. The Balaban J connectivity index is 1.61. The van der Waals surface area contributed by atoms with Crippen LogP contribution in [0.5, 0.6) is 5.75 Å². The highest BCUT2D eigenvalue weighted by Crippen LogP contribution is 2.32. The number of amides is 1. The molecule has 0 spiro atoms. The fourth-order valence-corrected chi connectivity index (χ4v) is 4.88. The first-order valence-corrected chi connectivity index (χ1v) is 12.4. The van der Waals surface area contributed by atoms with Gasteiger partial charge in [0.2, 0.25) is 0 Å². The van der Waals surface area contributed by atoms with Crippen LogP contribution in [0.4, 0.5) is 23.2 Å². The summed E-state index contributed by atoms with van der Waals surface area (Å²) in [5.41, 5.74) is 0.369. The van der Waals surface area contributed by atoms with Gasteiger partial charge in [-0.1, -0.05) is 18.2 Å². The lowest BCUT2D eigenvalue weighted by atomic mass is 10.1. The van der Waals surface area contributed by atoms with Gasteiger partial charge in [0.05, 0.1) is 10.5 Å². The van der Waals surface area contributed by atoms with Crippen molar-refractivity contribution in [2.45, 2.75) is 44.1 Å². The standard InChI is InChI=1S/C25H22F4N2O4S/c1-15-6-8-21(12-22(15)26)36(33,34)30-20-7-9-23-18(11-20)14-31(24(32)16(2)35-23)13-17-4-3-5-19(10-17)25(27,28)29/h3-12,16,30H,13-14H2,1-2H3. The molecule has 1 unspecified atom stereocenters. The van der Waals surface area contributed by atoms with Crippen LogP contribution in [0, 0.1) is 12.7 Å². The van der Waals surface area contributed by atoms with E-state index in [1.165, 1.54) is 61.2 Å². The van der Waals surface area contributed by atoms with Crippen molar-refractivity contribution >= 4 is 21.6 Å². The van der Waals surface area contributed by atoms with Crippen molar-refractivity contribution < 1.29 is 35.5 Å². The van der Waals surface area contributed by atoms with Crippen molar-refractivity contribution in [2.24, 2.45) is 0 Å². The van der Waals surface area contributed by atoms with Crippen LogP contribution in [0.3, 0.4) is 0 Å². The highest BCUT2D eigenvalue weighted by atomic mass is 32.2. The second-order valence-electron chi connectivity index (χ2n) is 8.49. The van der Waals surface area contributed by atoms with Crippen molar-refractivity contribution in [2.75, 3.05) is 4.72 Å². The maximum absolute atomic E-state index is 13.9. The number of aryl methyl sites for hydroxylation is 1. The zero-order valence-corrected chi connectivity index (χ0v) is 20.1. The molecule has 1 aliphatic rings. The number of sulfonamides is 1. The number of rotatable bonds is 5. The van der Waals surface area contributed by atoms with E-state index in [1.54, 1.807) is 0 Å². The number of halogens is 4. The zero-order valence-electron chi connectivity index (χ0n) is 19.3. The second kappa shape index (κ2) is 9.45. The normalized spacial score (nSPS) is 16.2. The Bertz CT molecular complexity index is 1420. The molecule has 1 N–H and O–H groups in total. The number of hydrogen-bond acceptors (Lipinski definition) is 4. The van der Waals surface area contributed by atoms with E-state index in [1.807, 2.05) is 0 Å². The third kappa shape index (κ3) is 5.46. The van der Waals surface area contributed by atoms with Gasteiger partial charge in [-0.2, -0.15) is 13.2 Å². The summed E-state index contributed by atoms with van der Waals surface area (Å²) in [5, 5.41) is 0. The van der Waals surface area contributed by atoms with Crippen molar-refractivity contribution in [3.63, 3.8) is 0 Å². The Hall–Kier alpha value is -3.60. The number of nitrogens with zero attached hydrogens (tertiary/aromatic N) is 1. The average Bonchev–Trinajstić information content (AvgIpc) is 2.91. The van der Waals surface area contributed by atoms with E-state index in [9.17, 15) is 30.8 Å². The van der Waals surface area contributed by atoms with Crippen LogP contribution < -0.4 is 9.46 Å². The molecule has 3 aromatic rings. The molecule has 0 aromatic heterocycles. The fourth-order valence-electron chi connectivity index (χ4n) is 3.82. The molecule has 3 aromatic carbocycles. The number of fused-ring (bicyclic) bond motifs is 1. The minimum Gasteiger partial charge on any atom is -0.481 e. The number of nitrogens with one attached hydrogen (secondary N) is 1. The predicted molar refractivity (Wildman–Crippen MR) is 124 cm³/mol. The van der Waals surface area contributed by atoms with E-state index in [2.05, 4.69) is 4.72 Å². The van der Waals surface area contributed by atoms with E-state index in [4.69, 9.17) is 4.74 Å². The van der Waals surface area contributed by atoms with Gasteiger partial charge in [-0.25, -0.2) is 12.8 Å². The molecule has 1 amide bonds. The lowest BCUT2D eigenvalue weighted by Gasteiger charge is -2.23. The highest BCUT2D eigenvalue weighted by molar-refractivity contribution is 7.92. The van der Waals surface area contributed by atoms with Gasteiger partial charge < -0.3 is 9.64 Å². The second-order valence-corrected chi connectivity index (χ2v) is 10.2. The Morgan fingerprint density at radius 1 is 1.08 bits per heavy atom. The number of anilines is 1. The third-order valence-electron chi connectivity index (χ3n) is 5.72. The van der Waals surface area contributed by atoms with E-state index < -0.39 is 39.6 Å². The van der Waals surface area contributed by atoms with Gasteiger partial charge in [-0.05, 0) is 67.4 Å². The smallest absolute Gasteiger partial charge is 0.416 e. The van der Waals surface area contributed by atoms with Gasteiger partial charge >= 0.3 is 6.18 Å². The number of benzene rings is 3. The monoisotopic (exact) mass is 522 g/mol. The summed E-state index contributed by atoms with van der Waals surface area (Å²) in [6.45, 7) is 2.91. The molecule has 0 fully saturated rings. The predicted octanol–water partition coefficient (Wildman–Crippen LogP) is 5.26. The molecule has 0 aliphatic carbocycles. The summed E-state index contributed by atoms with van der Waals surface area (Å²) in [5.74, 6) is -0.751. The molecular weight excluding hydrogens is 500 g/mol. The van der Waals surface area contributed by atoms with E-state index in [0.29, 0.717) is 16.9 Å². The first-order chi connectivity index (χ1) is 16.8. The quantitative estimate of drug-likeness (QED) is 0.464. The molecule has 1 aliphatic heterocycles. The van der Waals surface area contributed by atoms with Crippen LogP contribution in [0.15, 0.2) is 65.6 Å². The van der Waals surface area contributed by atoms with Crippen LogP contribution in [0.1, 0.15) is 29.2 Å². The van der Waals surface area contributed by atoms with Gasteiger partial charge in [0.1, 0.15) is 11.6 Å². The van der Waals surface area contributed by atoms with E-state index in [0.717, 1.165) is 18.2 Å². The lowest BCUT2D eigenvalue weighted by Crippen LogP contribution is -2.37. The van der Waals surface area contributed by atoms with Gasteiger partial charge in [0.25, 0.3) is 15.9 Å². The van der Waals surface area contributed by atoms with Crippen molar-refractivity contribution in [1.29, 1.82) is 0 Å². The molecule has 0 saturated heterocycles. The number of ether oxygens (including phenoxy) is 1. The Kier molecular flexibility index (Phi) is 6.70. The first-order valence-electron chi connectivity index (χ1n) is 10.9. The minimum absolute atomic E-state index is 0.0243. The van der Waals surface area contributed by atoms with Crippen LogP contribution in [0.25, 0.3) is 0 Å². The summed E-state index contributed by atoms with van der Waals surface area (Å²) in [4.78, 5) is 14.0. The number of alkyl halides is 3. The van der Waals surface area contributed by atoms with E-state index in [-0.39, 0.29) is 29.2 Å². The summed E-state index contributed by atoms with van der Waals surface area (Å²) >= 11 is 0. The van der Waals surface area contributed by atoms with Crippen LogP contribution in [-0.2, 0) is 34.1 Å². The van der Waals surface area contributed by atoms with Crippen LogP contribution >= 0.6 is 0 Å². The minimum atomic E-state index is -4.52. The molecule has 190 valence electrons. The highest BCUT2D eigenvalue weighted by Gasteiger charge is 2.32. The number of carbonyl (C=O) groups excluding carboxylic acids is 1. The topological polar surface area (TPSA) is 75.7 Å². The molecule has 36 heavy (non-hydrogen) atoms. The van der Waals surface area contributed by atoms with Gasteiger partial charge in [0.15, 0.2) is 6.10 Å². The largest absolute Gasteiger partial charge is 0.481 e. The Morgan fingerprint density at radius 3 is 2.53 bits per heavy atom. The molecule has 0 bridgehead atoms. The third-order valence-corrected chi connectivity index (χ3v) is 7.10. The summed E-state index contributed by atoms with van der Waals surface area (Å²) < 4.78 is 86.9. The maximum Gasteiger partial charge on any atom is 0.416 e. The SMILES string of the molecule is Cc1ccc(S(=O)(=O)Nc2ccc3c(c2)CN(Cc2cccc(C(F)(F)F)c2)C(=O)C(C)O3)cc1F. The van der Waals surface area contributed by atoms with Crippen molar-refractivity contribution in [3.8, 4) is 5.75 Å². The zero-order chi connectivity index (χ0) is 26.3. The number of hydrogen-bond donors (Lipinski definition) is 1. The molecule has 1 heterocycles. The van der Waals surface area contributed by atoms with Crippen molar-refractivity contribution in [3.05, 3.63) is 88.7 Å². The van der Waals surface area contributed by atoms with Gasteiger partial charge in [-0.15, -0.1) is 0 Å². The lowest BCUT2D eigenvalue weighted by molar-refractivity contribution is -0.138. The van der Waals surface area contributed by atoms with Crippen LogP contribution in [-0.4, -0.2) is 25.3 Å². The summed E-state index contributed by atoms with van der Waals surface area (Å²) in [6, 6.07) is 12.7. The van der Waals surface area contributed by atoms with Crippen molar-refractivity contribution in [1.82, 2.24) is 4.90 Å². The first kappa shape index (κ1) is 25.5. The average molecular weight is 523 g/mol. The molecular formula is C25H22F4N2O4S. The van der Waals surface area contributed by atoms with E-state index >= 15 is 0 Å².